The second-order valence-corrected chi connectivity index (χ2v) is 5.83. The lowest BCUT2D eigenvalue weighted by atomic mass is 10.1. The summed E-state index contributed by atoms with van der Waals surface area (Å²) < 4.78 is 10.0. The van der Waals surface area contributed by atoms with Crippen LogP contribution in [0, 0.1) is 29.6 Å². The lowest BCUT2D eigenvalue weighted by molar-refractivity contribution is -0.150. The van der Waals surface area contributed by atoms with Gasteiger partial charge in [0.25, 0.3) is 0 Å². The summed E-state index contributed by atoms with van der Waals surface area (Å²) in [5, 5.41) is 19.9. The summed E-state index contributed by atoms with van der Waals surface area (Å²) in [7, 11) is 0. The fraction of sp³-hybridized carbons (Fsp3) is 0.235. The van der Waals surface area contributed by atoms with E-state index in [4.69, 9.17) is 20.0 Å². The van der Waals surface area contributed by atoms with Gasteiger partial charge in [-0.2, -0.15) is 10.5 Å². The number of rotatable bonds is 7. The van der Waals surface area contributed by atoms with Crippen molar-refractivity contribution in [2.45, 2.75) is 12.8 Å². The van der Waals surface area contributed by atoms with Crippen LogP contribution in [-0.4, -0.2) is 30.0 Å². The van der Waals surface area contributed by atoms with Crippen LogP contribution in [0.4, 0.5) is 0 Å². The predicted octanol–water partition coefficient (Wildman–Crippen LogP) is 2.12. The number of carbonyl (C=O) groups is 2. The third-order valence-electron chi connectivity index (χ3n) is 3.05. The van der Waals surface area contributed by atoms with E-state index in [0.717, 1.165) is 5.69 Å². The first-order valence-corrected chi connectivity index (χ1v) is 8.04. The number of benzene rings is 1. The molecule has 7 nitrogen and oxygen atoms in total. The van der Waals surface area contributed by atoms with Crippen LogP contribution in [0.5, 0.6) is 5.75 Å². The summed E-state index contributed by atoms with van der Waals surface area (Å²) in [6, 6.07) is 10.0. The summed E-state index contributed by atoms with van der Waals surface area (Å²) in [5.41, 5.74) is 1.20. The minimum Gasteiger partial charge on any atom is -0.482 e. The van der Waals surface area contributed by atoms with E-state index < -0.39 is 24.3 Å². The molecule has 1 atom stereocenters. The zero-order valence-corrected chi connectivity index (χ0v) is 14.1. The van der Waals surface area contributed by atoms with Gasteiger partial charge in [0.2, 0.25) is 0 Å². The molecule has 1 aromatic carbocycles. The Labute approximate surface area is 148 Å². The average molecular weight is 355 g/mol. The number of esters is 1. The van der Waals surface area contributed by atoms with Crippen molar-refractivity contribution in [3.63, 3.8) is 0 Å². The highest BCUT2D eigenvalue weighted by atomic mass is 32.1. The van der Waals surface area contributed by atoms with E-state index >= 15 is 0 Å². The largest absolute Gasteiger partial charge is 0.482 e. The molecular weight excluding hydrogens is 342 g/mol. The second-order valence-electron chi connectivity index (χ2n) is 4.94. The highest BCUT2D eigenvalue weighted by Gasteiger charge is 2.24. The molecule has 25 heavy (non-hydrogen) atoms. The highest BCUT2D eigenvalue weighted by Crippen LogP contribution is 2.20. The van der Waals surface area contributed by atoms with Crippen LogP contribution in [0.2, 0.25) is 0 Å². The highest BCUT2D eigenvalue weighted by molar-refractivity contribution is 7.09. The van der Waals surface area contributed by atoms with Gasteiger partial charge in [-0.15, -0.1) is 11.3 Å². The normalized spacial score (nSPS) is 11.0. The van der Waals surface area contributed by atoms with Crippen molar-refractivity contribution >= 4 is 23.1 Å². The number of thiazole rings is 1. The summed E-state index contributed by atoms with van der Waals surface area (Å²) in [6.45, 7) is 0.860. The maximum absolute atomic E-state index is 12.0. The number of carbonyl (C=O) groups excluding carboxylic acids is 2. The van der Waals surface area contributed by atoms with Crippen LogP contribution < -0.4 is 4.74 Å². The van der Waals surface area contributed by atoms with Gasteiger partial charge < -0.3 is 9.47 Å². The molecule has 0 spiro atoms. The van der Waals surface area contributed by atoms with E-state index in [9.17, 15) is 9.59 Å². The van der Waals surface area contributed by atoms with Gasteiger partial charge in [0.1, 0.15) is 10.8 Å². The Morgan fingerprint density at radius 2 is 1.96 bits per heavy atom. The van der Waals surface area contributed by atoms with Crippen molar-refractivity contribution in [2.75, 3.05) is 13.2 Å². The van der Waals surface area contributed by atoms with E-state index in [0.29, 0.717) is 16.3 Å². The van der Waals surface area contributed by atoms with Crippen molar-refractivity contribution in [3.05, 3.63) is 45.9 Å². The molecule has 1 heterocycles. The van der Waals surface area contributed by atoms with Gasteiger partial charge in [0, 0.05) is 11.1 Å². The number of Topliss-reactive ketones (excluding diaryl/α,β-unsaturated/α-hetero) is 1. The number of aryl methyl sites for hydroxylation is 1. The van der Waals surface area contributed by atoms with E-state index in [2.05, 4.69) is 4.98 Å². The standard InChI is InChI=1S/C17H13N3O4S/c1-11-10-25-17(20-11)14(7-19)15(21)8-24-16(22)9-23-13-4-2-12(6-18)3-5-13/h2-5,10,14H,8-9H2,1H3/t14-/m0/s1. The number of hydrogen-bond donors (Lipinski definition) is 0. The third-order valence-corrected chi connectivity index (χ3v) is 4.08. The van der Waals surface area contributed by atoms with Crippen LogP contribution in [0.3, 0.4) is 0 Å². The number of nitrogens with zero attached hydrogens (tertiary/aromatic N) is 3. The Balaban J connectivity index is 1.81. The lowest BCUT2D eigenvalue weighted by Crippen LogP contribution is -2.22. The molecule has 1 aromatic heterocycles. The Kier molecular flexibility index (Phi) is 6.21. The summed E-state index contributed by atoms with van der Waals surface area (Å²) in [6.07, 6.45) is 0. The molecule has 8 heteroatoms. The van der Waals surface area contributed by atoms with E-state index in [1.807, 2.05) is 12.1 Å². The van der Waals surface area contributed by atoms with Crippen molar-refractivity contribution in [2.24, 2.45) is 0 Å². The lowest BCUT2D eigenvalue weighted by Gasteiger charge is -2.08. The minimum absolute atomic E-state index is 0.382. The topological polar surface area (TPSA) is 113 Å². The van der Waals surface area contributed by atoms with Crippen LogP contribution >= 0.6 is 11.3 Å². The summed E-state index contributed by atoms with van der Waals surface area (Å²) in [4.78, 5) is 27.8. The quantitative estimate of drug-likeness (QED) is 0.699. The number of aromatic nitrogens is 1. The molecule has 0 radical (unpaired) electrons. The van der Waals surface area contributed by atoms with Gasteiger partial charge in [-0.25, -0.2) is 9.78 Å². The fourth-order valence-corrected chi connectivity index (χ4v) is 2.68. The van der Waals surface area contributed by atoms with Crippen LogP contribution in [0.1, 0.15) is 22.2 Å². The molecule has 0 bridgehead atoms. The number of hydrogen-bond acceptors (Lipinski definition) is 8. The molecule has 0 N–H and O–H groups in total. The number of ketones is 1. The molecule has 0 unspecified atom stereocenters. The zero-order chi connectivity index (χ0) is 18.2. The monoisotopic (exact) mass is 355 g/mol. The molecule has 0 aliphatic rings. The predicted molar refractivity (Wildman–Crippen MR) is 87.8 cm³/mol. The van der Waals surface area contributed by atoms with Crippen molar-refractivity contribution in [3.8, 4) is 17.9 Å². The van der Waals surface area contributed by atoms with Crippen molar-refractivity contribution in [1.29, 1.82) is 10.5 Å². The minimum atomic E-state index is -1.05. The smallest absolute Gasteiger partial charge is 0.344 e. The molecule has 2 rings (SSSR count). The van der Waals surface area contributed by atoms with Gasteiger partial charge in [-0.3, -0.25) is 4.79 Å². The van der Waals surface area contributed by atoms with Crippen LogP contribution in [-0.2, 0) is 14.3 Å². The zero-order valence-electron chi connectivity index (χ0n) is 13.3. The molecule has 0 saturated carbocycles. The SMILES string of the molecule is Cc1csc([C@@H](C#N)C(=O)COC(=O)COc2ccc(C#N)cc2)n1. The van der Waals surface area contributed by atoms with Crippen molar-refractivity contribution < 1.29 is 19.1 Å². The Morgan fingerprint density at radius 3 is 2.52 bits per heavy atom. The summed E-state index contributed by atoms with van der Waals surface area (Å²) in [5.74, 6) is -1.92. The molecule has 126 valence electrons. The summed E-state index contributed by atoms with van der Waals surface area (Å²) >= 11 is 1.21. The van der Waals surface area contributed by atoms with Gasteiger partial charge in [-0.1, -0.05) is 0 Å². The van der Waals surface area contributed by atoms with Crippen molar-refractivity contribution in [1.82, 2.24) is 4.98 Å². The molecule has 0 saturated heterocycles. The fourth-order valence-electron chi connectivity index (χ4n) is 1.81. The maximum atomic E-state index is 12.0. The Hall–Kier alpha value is -3.23. The molecule has 0 aliphatic heterocycles. The number of ether oxygens (including phenoxy) is 2. The molecule has 0 fully saturated rings. The van der Waals surface area contributed by atoms with Crippen LogP contribution in [0.15, 0.2) is 29.6 Å². The molecule has 0 amide bonds. The molecule has 0 aliphatic carbocycles. The molecule has 2 aromatic rings. The van der Waals surface area contributed by atoms with Gasteiger partial charge >= 0.3 is 5.97 Å². The molecular formula is C17H13N3O4S. The number of nitriles is 2. The first kappa shape index (κ1) is 18.1. The Morgan fingerprint density at radius 1 is 1.24 bits per heavy atom. The van der Waals surface area contributed by atoms with E-state index in [1.54, 1.807) is 36.6 Å². The van der Waals surface area contributed by atoms with Crippen LogP contribution in [0.25, 0.3) is 0 Å². The van der Waals surface area contributed by atoms with E-state index in [-0.39, 0.29) is 6.61 Å². The second kappa shape index (κ2) is 8.57. The van der Waals surface area contributed by atoms with Gasteiger partial charge in [0.05, 0.1) is 17.7 Å². The first-order valence-electron chi connectivity index (χ1n) is 7.16. The van der Waals surface area contributed by atoms with Gasteiger partial charge in [-0.05, 0) is 31.2 Å². The van der Waals surface area contributed by atoms with E-state index in [1.165, 1.54) is 11.3 Å². The first-order chi connectivity index (χ1) is 12.0. The third kappa shape index (κ3) is 5.13. The Bertz CT molecular complexity index is 846. The maximum Gasteiger partial charge on any atom is 0.344 e. The average Bonchev–Trinajstić information content (AvgIpc) is 3.05. The van der Waals surface area contributed by atoms with Gasteiger partial charge in [0.15, 0.2) is 24.9 Å².